The highest BCUT2D eigenvalue weighted by Gasteiger charge is 2.16. The highest BCUT2D eigenvalue weighted by molar-refractivity contribution is 7.98. The van der Waals surface area contributed by atoms with E-state index in [1.165, 1.54) is 10.5 Å². The smallest absolute Gasteiger partial charge is 0.143 e. The number of nitrogens with zero attached hydrogens (tertiary/aromatic N) is 2. The van der Waals surface area contributed by atoms with Crippen molar-refractivity contribution in [2.24, 2.45) is 0 Å². The lowest BCUT2D eigenvalue weighted by Crippen LogP contribution is -1.98. The summed E-state index contributed by atoms with van der Waals surface area (Å²) in [5, 5.41) is 3.61. The third-order valence-corrected chi connectivity index (χ3v) is 5.35. The zero-order chi connectivity index (χ0) is 18.1. The number of aromatic nitrogens is 2. The van der Waals surface area contributed by atoms with Crippen LogP contribution in [0.15, 0.2) is 71.8 Å². The molecular weight excluding hydrogens is 338 g/mol. The number of nitrogens with one attached hydrogen (secondary N) is 1. The highest BCUT2D eigenvalue weighted by atomic mass is 32.2. The maximum absolute atomic E-state index is 4.96. The van der Waals surface area contributed by atoms with Gasteiger partial charge in [-0.15, -0.1) is 11.8 Å². The predicted octanol–water partition coefficient (Wildman–Crippen LogP) is 6.08. The second-order valence-electron chi connectivity index (χ2n) is 6.36. The molecule has 0 amide bonds. The van der Waals surface area contributed by atoms with E-state index in [1.807, 2.05) is 0 Å². The molecular formula is C22H21N3S. The Morgan fingerprint density at radius 2 is 1.62 bits per heavy atom. The van der Waals surface area contributed by atoms with Crippen LogP contribution in [-0.4, -0.2) is 15.6 Å². The van der Waals surface area contributed by atoms with E-state index in [0.29, 0.717) is 0 Å². The molecule has 0 saturated heterocycles. The maximum atomic E-state index is 4.96. The third kappa shape index (κ3) is 2.97. The van der Waals surface area contributed by atoms with Gasteiger partial charge in [0.05, 0.1) is 0 Å². The number of hydrogen-bond acceptors (Lipinski definition) is 3. The van der Waals surface area contributed by atoms with Crippen molar-refractivity contribution in [1.82, 2.24) is 9.38 Å². The standard InChI is InChI=1S/C22H21N3S/c1-15-7-4-5-9-19(15)23-22-20(17-10-12-18(26-3)13-11-17)24-21-16(2)8-6-14-25(21)22/h4-14,23H,1-3H3. The second kappa shape index (κ2) is 6.89. The molecule has 2 aromatic heterocycles. The maximum Gasteiger partial charge on any atom is 0.143 e. The molecule has 0 bridgehead atoms. The van der Waals surface area contributed by atoms with E-state index in [2.05, 4.69) is 96.7 Å². The monoisotopic (exact) mass is 359 g/mol. The first-order valence-electron chi connectivity index (χ1n) is 8.62. The van der Waals surface area contributed by atoms with Gasteiger partial charge < -0.3 is 5.32 Å². The molecule has 0 saturated carbocycles. The topological polar surface area (TPSA) is 29.3 Å². The molecule has 0 unspecified atom stereocenters. The van der Waals surface area contributed by atoms with E-state index in [4.69, 9.17) is 4.98 Å². The fraction of sp³-hybridized carbons (Fsp3) is 0.136. The minimum atomic E-state index is 0.968. The second-order valence-corrected chi connectivity index (χ2v) is 7.24. The molecule has 2 heterocycles. The van der Waals surface area contributed by atoms with Crippen LogP contribution in [0.1, 0.15) is 11.1 Å². The zero-order valence-electron chi connectivity index (χ0n) is 15.2. The van der Waals surface area contributed by atoms with Gasteiger partial charge in [0, 0.05) is 22.3 Å². The lowest BCUT2D eigenvalue weighted by atomic mass is 10.1. The van der Waals surface area contributed by atoms with E-state index in [9.17, 15) is 0 Å². The summed E-state index contributed by atoms with van der Waals surface area (Å²) in [6.07, 6.45) is 4.16. The Morgan fingerprint density at radius 1 is 0.885 bits per heavy atom. The van der Waals surface area contributed by atoms with Crippen LogP contribution in [0.5, 0.6) is 0 Å². The van der Waals surface area contributed by atoms with Gasteiger partial charge in [0.1, 0.15) is 17.2 Å². The number of imidazole rings is 1. The summed E-state index contributed by atoms with van der Waals surface area (Å²) in [6.45, 7) is 4.21. The number of pyridine rings is 1. The van der Waals surface area contributed by atoms with Crippen molar-refractivity contribution < 1.29 is 0 Å². The van der Waals surface area contributed by atoms with Crippen molar-refractivity contribution in [3.05, 3.63) is 78.0 Å². The van der Waals surface area contributed by atoms with Crippen LogP contribution in [0.2, 0.25) is 0 Å². The van der Waals surface area contributed by atoms with Gasteiger partial charge in [0.15, 0.2) is 0 Å². The first-order chi connectivity index (χ1) is 12.7. The number of para-hydroxylation sites is 1. The van der Waals surface area contributed by atoms with E-state index in [-0.39, 0.29) is 0 Å². The quantitative estimate of drug-likeness (QED) is 0.448. The summed E-state index contributed by atoms with van der Waals surface area (Å²) in [7, 11) is 0. The van der Waals surface area contributed by atoms with Crippen molar-refractivity contribution in [1.29, 1.82) is 0 Å². The summed E-state index contributed by atoms with van der Waals surface area (Å²) in [6, 6.07) is 21.1. The lowest BCUT2D eigenvalue weighted by Gasteiger charge is -2.11. The number of anilines is 2. The molecule has 0 aliphatic rings. The summed E-state index contributed by atoms with van der Waals surface area (Å²) in [5.74, 6) is 0.995. The largest absolute Gasteiger partial charge is 0.339 e. The third-order valence-electron chi connectivity index (χ3n) is 4.61. The van der Waals surface area contributed by atoms with Gasteiger partial charge in [-0.25, -0.2) is 4.98 Å². The van der Waals surface area contributed by atoms with E-state index >= 15 is 0 Å². The first kappa shape index (κ1) is 16.7. The van der Waals surface area contributed by atoms with Crippen LogP contribution in [0.4, 0.5) is 11.5 Å². The Labute approximate surface area is 158 Å². The molecule has 2 aromatic carbocycles. The molecule has 26 heavy (non-hydrogen) atoms. The Morgan fingerprint density at radius 3 is 2.35 bits per heavy atom. The Kier molecular flexibility index (Phi) is 4.43. The lowest BCUT2D eigenvalue weighted by molar-refractivity contribution is 1.16. The minimum absolute atomic E-state index is 0.968. The summed E-state index contributed by atoms with van der Waals surface area (Å²) in [5.41, 5.74) is 6.52. The number of hydrogen-bond donors (Lipinski definition) is 1. The van der Waals surface area contributed by atoms with Crippen LogP contribution in [0.25, 0.3) is 16.9 Å². The van der Waals surface area contributed by atoms with Crippen molar-refractivity contribution in [3.63, 3.8) is 0 Å². The average molecular weight is 359 g/mol. The molecule has 0 radical (unpaired) electrons. The van der Waals surface area contributed by atoms with Crippen LogP contribution >= 0.6 is 11.8 Å². The van der Waals surface area contributed by atoms with Gasteiger partial charge in [-0.2, -0.15) is 0 Å². The van der Waals surface area contributed by atoms with Gasteiger partial charge in [0.2, 0.25) is 0 Å². The molecule has 0 spiro atoms. The first-order valence-corrected chi connectivity index (χ1v) is 9.84. The summed E-state index contributed by atoms with van der Waals surface area (Å²) in [4.78, 5) is 6.21. The van der Waals surface area contributed by atoms with Crippen molar-refractivity contribution >= 4 is 28.9 Å². The molecule has 3 nitrogen and oxygen atoms in total. The van der Waals surface area contributed by atoms with Gasteiger partial charge in [-0.1, -0.05) is 36.4 Å². The number of fused-ring (bicyclic) bond motifs is 1. The Hall–Kier alpha value is -2.72. The van der Waals surface area contributed by atoms with Gasteiger partial charge in [0.25, 0.3) is 0 Å². The van der Waals surface area contributed by atoms with Crippen LogP contribution in [0.3, 0.4) is 0 Å². The van der Waals surface area contributed by atoms with Gasteiger partial charge in [-0.3, -0.25) is 4.40 Å². The molecule has 0 aliphatic heterocycles. The molecule has 0 aliphatic carbocycles. The molecule has 0 atom stereocenters. The highest BCUT2D eigenvalue weighted by Crippen LogP contribution is 2.33. The SMILES string of the molecule is CSc1ccc(-c2nc3c(C)cccn3c2Nc2ccccc2C)cc1. The number of benzene rings is 2. The van der Waals surface area contributed by atoms with E-state index in [1.54, 1.807) is 11.8 Å². The van der Waals surface area contributed by atoms with Crippen LogP contribution in [0, 0.1) is 13.8 Å². The van der Waals surface area contributed by atoms with Crippen molar-refractivity contribution in [2.75, 3.05) is 11.6 Å². The number of thioether (sulfide) groups is 1. The fourth-order valence-electron chi connectivity index (χ4n) is 3.11. The Balaban J connectivity index is 1.91. The van der Waals surface area contributed by atoms with Crippen LogP contribution in [-0.2, 0) is 0 Å². The van der Waals surface area contributed by atoms with E-state index < -0.39 is 0 Å². The Bertz CT molecular complexity index is 1060. The van der Waals surface area contributed by atoms with Gasteiger partial charge in [-0.05, 0) is 55.5 Å². The predicted molar refractivity (Wildman–Crippen MR) is 112 cm³/mol. The molecule has 1 N–H and O–H groups in total. The van der Waals surface area contributed by atoms with Crippen molar-refractivity contribution in [3.8, 4) is 11.3 Å². The van der Waals surface area contributed by atoms with Crippen LogP contribution < -0.4 is 5.32 Å². The molecule has 4 heteroatoms. The number of aryl methyl sites for hydroxylation is 2. The molecule has 4 rings (SSSR count). The van der Waals surface area contributed by atoms with E-state index in [0.717, 1.165) is 34.0 Å². The summed E-state index contributed by atoms with van der Waals surface area (Å²) < 4.78 is 2.14. The normalized spacial score (nSPS) is 11.0. The van der Waals surface area contributed by atoms with Gasteiger partial charge >= 0.3 is 0 Å². The number of rotatable bonds is 4. The fourth-order valence-corrected chi connectivity index (χ4v) is 3.52. The average Bonchev–Trinajstić information content (AvgIpc) is 3.04. The zero-order valence-corrected chi connectivity index (χ0v) is 16.0. The molecule has 0 fully saturated rings. The molecule has 4 aromatic rings. The van der Waals surface area contributed by atoms with Crippen molar-refractivity contribution in [2.45, 2.75) is 18.7 Å². The minimum Gasteiger partial charge on any atom is -0.339 e. The molecule has 130 valence electrons. The summed E-state index contributed by atoms with van der Waals surface area (Å²) >= 11 is 1.75.